The topological polar surface area (TPSA) is 63.2 Å². The molecule has 1 aliphatic heterocycles. The first-order valence-corrected chi connectivity index (χ1v) is 11.3. The van der Waals surface area contributed by atoms with Crippen LogP contribution in [0.25, 0.3) is 0 Å². The Morgan fingerprint density at radius 2 is 1.35 bits per heavy atom. The van der Waals surface area contributed by atoms with Gasteiger partial charge in [0.05, 0.1) is 33.9 Å². The number of cyclic esters (lactones) is 1. The molecule has 0 saturated carbocycles. The summed E-state index contributed by atoms with van der Waals surface area (Å²) in [6.07, 6.45) is 1.29. The van der Waals surface area contributed by atoms with E-state index in [1.807, 2.05) is 66.7 Å². The number of rotatable bonds is 10. The molecule has 3 aromatic carbocycles. The third-order valence-corrected chi connectivity index (χ3v) is 6.18. The van der Waals surface area contributed by atoms with Gasteiger partial charge in [-0.15, -0.1) is 0 Å². The molecule has 0 radical (unpaired) electrons. The Morgan fingerprint density at radius 3 is 2.03 bits per heavy atom. The number of ether oxygens (including phenoxy) is 5. The van der Waals surface area contributed by atoms with Crippen LogP contribution >= 0.6 is 0 Å². The third kappa shape index (κ3) is 5.45. The molecular weight excluding hydrogens is 432 g/mol. The van der Waals surface area contributed by atoms with E-state index in [2.05, 4.69) is 0 Å². The van der Waals surface area contributed by atoms with E-state index >= 15 is 0 Å². The fourth-order valence-corrected chi connectivity index (χ4v) is 4.31. The van der Waals surface area contributed by atoms with Gasteiger partial charge in [0.15, 0.2) is 23.0 Å². The average molecular weight is 463 g/mol. The van der Waals surface area contributed by atoms with Crippen LogP contribution in [-0.4, -0.2) is 33.9 Å². The Morgan fingerprint density at radius 1 is 0.735 bits per heavy atom. The summed E-state index contributed by atoms with van der Waals surface area (Å²) in [5.41, 5.74) is 3.17. The number of hydrogen-bond acceptors (Lipinski definition) is 6. The second-order valence-corrected chi connectivity index (χ2v) is 8.35. The third-order valence-electron chi connectivity index (χ3n) is 6.18. The average Bonchev–Trinajstić information content (AvgIpc) is 3.22. The molecule has 0 bridgehead atoms. The van der Waals surface area contributed by atoms with E-state index in [9.17, 15) is 4.79 Å². The lowest BCUT2D eigenvalue weighted by atomic mass is 9.85. The van der Waals surface area contributed by atoms with Crippen LogP contribution in [-0.2, 0) is 29.0 Å². The molecule has 4 rings (SSSR count). The van der Waals surface area contributed by atoms with Gasteiger partial charge < -0.3 is 23.7 Å². The van der Waals surface area contributed by atoms with Crippen molar-refractivity contribution in [3.8, 4) is 23.0 Å². The predicted molar refractivity (Wildman–Crippen MR) is 129 cm³/mol. The molecule has 2 atom stereocenters. The number of hydrogen-bond donors (Lipinski definition) is 0. The Hall–Kier alpha value is -3.67. The maximum atomic E-state index is 12.6. The summed E-state index contributed by atoms with van der Waals surface area (Å²) >= 11 is 0. The van der Waals surface area contributed by atoms with Crippen LogP contribution in [0.4, 0.5) is 0 Å². The zero-order chi connectivity index (χ0) is 23.9. The Bertz CT molecular complexity index is 1110. The van der Waals surface area contributed by atoms with Crippen molar-refractivity contribution < 1.29 is 28.5 Å². The van der Waals surface area contributed by atoms with E-state index in [0.717, 1.165) is 16.7 Å². The van der Waals surface area contributed by atoms with Crippen molar-refractivity contribution in [3.05, 3.63) is 83.4 Å². The van der Waals surface area contributed by atoms with Crippen molar-refractivity contribution in [3.63, 3.8) is 0 Å². The molecule has 6 nitrogen and oxygen atoms in total. The minimum atomic E-state index is -0.228. The SMILES string of the molecule is COc1ccc(C[C@H]2COC(=O)[C@@H]2Cc2ccc(OCc3ccccc3)c(OC)c2)cc1OC. The lowest BCUT2D eigenvalue weighted by Gasteiger charge is -2.18. The van der Waals surface area contributed by atoms with Gasteiger partial charge in [-0.25, -0.2) is 0 Å². The maximum Gasteiger partial charge on any atom is 0.309 e. The summed E-state index contributed by atoms with van der Waals surface area (Å²) < 4.78 is 27.7. The largest absolute Gasteiger partial charge is 0.493 e. The quantitative estimate of drug-likeness (QED) is 0.401. The second kappa shape index (κ2) is 11.0. The molecule has 1 fully saturated rings. The van der Waals surface area contributed by atoms with E-state index in [1.165, 1.54) is 0 Å². The highest BCUT2D eigenvalue weighted by Crippen LogP contribution is 2.35. The number of carbonyl (C=O) groups excluding carboxylic acids is 1. The van der Waals surface area contributed by atoms with Gasteiger partial charge in [-0.1, -0.05) is 42.5 Å². The molecule has 0 amide bonds. The molecule has 0 spiro atoms. The normalized spacial score (nSPS) is 17.2. The Labute approximate surface area is 200 Å². The van der Waals surface area contributed by atoms with Gasteiger partial charge in [-0.05, 0) is 53.8 Å². The first-order valence-electron chi connectivity index (χ1n) is 11.3. The number of esters is 1. The van der Waals surface area contributed by atoms with Crippen molar-refractivity contribution in [1.82, 2.24) is 0 Å². The fraction of sp³-hybridized carbons (Fsp3) is 0.321. The Balaban J connectivity index is 1.45. The standard InChI is InChI=1S/C28H30O6/c1-30-24-11-9-20(15-26(24)31-2)13-22-18-34-28(29)23(22)14-21-10-12-25(27(16-21)32-3)33-17-19-7-5-4-6-8-19/h4-12,15-16,22-23H,13-14,17-18H2,1-3H3/t22-,23+/m0/s1. The molecule has 0 N–H and O–H groups in total. The highest BCUT2D eigenvalue weighted by Gasteiger charge is 2.37. The molecule has 0 aromatic heterocycles. The molecule has 0 aliphatic carbocycles. The van der Waals surface area contributed by atoms with E-state index in [0.29, 0.717) is 49.1 Å². The van der Waals surface area contributed by atoms with Gasteiger partial charge in [0.1, 0.15) is 6.61 Å². The molecular formula is C28H30O6. The van der Waals surface area contributed by atoms with Crippen LogP contribution in [0.2, 0.25) is 0 Å². The molecule has 1 aliphatic rings. The van der Waals surface area contributed by atoms with Crippen LogP contribution in [0.15, 0.2) is 66.7 Å². The first kappa shape index (κ1) is 23.5. The van der Waals surface area contributed by atoms with E-state index < -0.39 is 0 Å². The zero-order valence-electron chi connectivity index (χ0n) is 19.8. The first-order chi connectivity index (χ1) is 16.6. The van der Waals surface area contributed by atoms with Gasteiger partial charge in [0, 0.05) is 5.92 Å². The summed E-state index contributed by atoms with van der Waals surface area (Å²) in [6, 6.07) is 21.7. The lowest BCUT2D eigenvalue weighted by Crippen LogP contribution is -2.20. The van der Waals surface area contributed by atoms with Gasteiger partial charge in [0.25, 0.3) is 0 Å². The van der Waals surface area contributed by atoms with Crippen LogP contribution in [0.5, 0.6) is 23.0 Å². The molecule has 34 heavy (non-hydrogen) atoms. The molecule has 1 saturated heterocycles. The number of methoxy groups -OCH3 is 3. The van der Waals surface area contributed by atoms with Crippen molar-refractivity contribution in [2.45, 2.75) is 19.4 Å². The van der Waals surface area contributed by atoms with Crippen molar-refractivity contribution in [1.29, 1.82) is 0 Å². The number of carbonyl (C=O) groups is 1. The van der Waals surface area contributed by atoms with Crippen LogP contribution < -0.4 is 18.9 Å². The molecule has 1 heterocycles. The fourth-order valence-electron chi connectivity index (χ4n) is 4.31. The minimum absolute atomic E-state index is 0.0746. The summed E-state index contributed by atoms with van der Waals surface area (Å²) in [7, 11) is 4.86. The molecule has 3 aromatic rings. The van der Waals surface area contributed by atoms with Gasteiger partial charge in [-0.2, -0.15) is 0 Å². The summed E-state index contributed by atoms with van der Waals surface area (Å²) in [5.74, 6) is 2.37. The van der Waals surface area contributed by atoms with Gasteiger partial charge in [-0.3, -0.25) is 4.79 Å². The van der Waals surface area contributed by atoms with Crippen molar-refractivity contribution >= 4 is 5.97 Å². The van der Waals surface area contributed by atoms with E-state index in [-0.39, 0.29) is 17.8 Å². The molecule has 0 unspecified atom stereocenters. The summed E-state index contributed by atoms with van der Waals surface area (Å²) in [5, 5.41) is 0. The Kier molecular flexibility index (Phi) is 7.58. The maximum absolute atomic E-state index is 12.6. The minimum Gasteiger partial charge on any atom is -0.493 e. The summed E-state index contributed by atoms with van der Waals surface area (Å²) in [6.45, 7) is 0.867. The molecule has 6 heteroatoms. The van der Waals surface area contributed by atoms with E-state index in [4.69, 9.17) is 23.7 Å². The van der Waals surface area contributed by atoms with Crippen LogP contribution in [0.1, 0.15) is 16.7 Å². The zero-order valence-corrected chi connectivity index (χ0v) is 19.8. The molecule has 178 valence electrons. The second-order valence-electron chi connectivity index (χ2n) is 8.35. The van der Waals surface area contributed by atoms with Crippen molar-refractivity contribution in [2.75, 3.05) is 27.9 Å². The van der Waals surface area contributed by atoms with Crippen LogP contribution in [0.3, 0.4) is 0 Å². The van der Waals surface area contributed by atoms with Crippen molar-refractivity contribution in [2.24, 2.45) is 11.8 Å². The van der Waals surface area contributed by atoms with Gasteiger partial charge in [0.2, 0.25) is 0 Å². The smallest absolute Gasteiger partial charge is 0.309 e. The van der Waals surface area contributed by atoms with Crippen LogP contribution in [0, 0.1) is 11.8 Å². The highest BCUT2D eigenvalue weighted by atomic mass is 16.5. The van der Waals surface area contributed by atoms with Gasteiger partial charge >= 0.3 is 5.97 Å². The predicted octanol–water partition coefficient (Wildman–Crippen LogP) is 4.87. The highest BCUT2D eigenvalue weighted by molar-refractivity contribution is 5.75. The summed E-state index contributed by atoms with van der Waals surface area (Å²) in [4.78, 5) is 12.6. The number of benzene rings is 3. The van der Waals surface area contributed by atoms with E-state index in [1.54, 1.807) is 21.3 Å². The lowest BCUT2D eigenvalue weighted by molar-refractivity contribution is -0.141. The monoisotopic (exact) mass is 462 g/mol.